The predicted molar refractivity (Wildman–Crippen MR) is 74.6 cm³/mol. The van der Waals surface area contributed by atoms with E-state index in [0.717, 1.165) is 42.7 Å². The molecule has 0 bridgehead atoms. The number of aromatic nitrogens is 3. The molecule has 0 fully saturated rings. The van der Waals surface area contributed by atoms with Crippen molar-refractivity contribution in [3.63, 3.8) is 0 Å². The Labute approximate surface area is 106 Å². The van der Waals surface area contributed by atoms with Crippen LogP contribution in [0, 0.1) is 0 Å². The van der Waals surface area contributed by atoms with Crippen LogP contribution in [-0.4, -0.2) is 14.5 Å². The number of pyridine rings is 1. The molecule has 18 heavy (non-hydrogen) atoms. The van der Waals surface area contributed by atoms with Crippen LogP contribution in [-0.2, 0) is 6.54 Å². The van der Waals surface area contributed by atoms with Crippen molar-refractivity contribution >= 4 is 17.2 Å². The molecule has 0 aliphatic heterocycles. The molecule has 0 atom stereocenters. The number of nitrogens with zero attached hydrogens (tertiary/aromatic N) is 2. The Balaban J connectivity index is 2.40. The summed E-state index contributed by atoms with van der Waals surface area (Å²) in [6.45, 7) is 4.84. The van der Waals surface area contributed by atoms with Gasteiger partial charge in [0, 0.05) is 6.54 Å². The van der Waals surface area contributed by atoms with Gasteiger partial charge in [-0.1, -0.05) is 25.8 Å². The van der Waals surface area contributed by atoms with Crippen LogP contribution in [0.3, 0.4) is 0 Å². The third-order valence-electron chi connectivity index (χ3n) is 2.96. The van der Waals surface area contributed by atoms with Crippen molar-refractivity contribution in [2.24, 2.45) is 0 Å². The van der Waals surface area contributed by atoms with E-state index in [1.807, 2.05) is 31.2 Å². The van der Waals surface area contributed by atoms with Gasteiger partial charge in [-0.25, -0.2) is 9.78 Å². The topological polar surface area (TPSA) is 50.7 Å². The van der Waals surface area contributed by atoms with Gasteiger partial charge in [-0.05, 0) is 31.6 Å². The first-order valence-electron chi connectivity index (χ1n) is 6.48. The van der Waals surface area contributed by atoms with Gasteiger partial charge in [0.25, 0.3) is 0 Å². The van der Waals surface area contributed by atoms with Crippen molar-refractivity contribution in [2.45, 2.75) is 39.7 Å². The highest BCUT2D eigenvalue weighted by Gasteiger charge is 2.07. The van der Waals surface area contributed by atoms with Gasteiger partial charge in [-0.3, -0.25) is 4.57 Å². The van der Waals surface area contributed by atoms with Crippen LogP contribution >= 0.6 is 0 Å². The van der Waals surface area contributed by atoms with Crippen LogP contribution in [0.5, 0.6) is 0 Å². The van der Waals surface area contributed by atoms with Gasteiger partial charge < -0.3 is 4.98 Å². The lowest BCUT2D eigenvalue weighted by Crippen LogP contribution is -2.17. The van der Waals surface area contributed by atoms with E-state index in [2.05, 4.69) is 16.9 Å². The maximum Gasteiger partial charge on any atom is 0.327 e. The summed E-state index contributed by atoms with van der Waals surface area (Å²) in [4.78, 5) is 19.2. The number of aromatic amines is 1. The second-order valence-electron chi connectivity index (χ2n) is 4.40. The van der Waals surface area contributed by atoms with E-state index >= 15 is 0 Å². The lowest BCUT2D eigenvalue weighted by Gasteiger charge is -2.02. The standard InChI is InChI=1S/C14H19N3O/c1-3-5-6-10-17-13-12(16-14(17)18)9-8-11(15-13)7-4-2/h4,7-9H,3,5-6,10H2,1-2H3,(H,16,18)/b7-4+. The van der Waals surface area contributed by atoms with E-state index in [1.54, 1.807) is 4.57 Å². The Morgan fingerprint density at radius 2 is 2.22 bits per heavy atom. The first-order chi connectivity index (χ1) is 8.76. The third kappa shape index (κ3) is 2.53. The number of fused-ring (bicyclic) bond motifs is 1. The fourth-order valence-corrected chi connectivity index (χ4v) is 2.04. The van der Waals surface area contributed by atoms with Crippen LogP contribution in [0.25, 0.3) is 17.2 Å². The number of rotatable bonds is 5. The summed E-state index contributed by atoms with van der Waals surface area (Å²) in [7, 11) is 0. The number of nitrogens with one attached hydrogen (secondary N) is 1. The molecule has 96 valence electrons. The molecule has 0 saturated carbocycles. The average molecular weight is 245 g/mol. The number of unbranched alkanes of at least 4 members (excludes halogenated alkanes) is 2. The minimum Gasteiger partial charge on any atom is -0.304 e. The number of imidazole rings is 1. The lowest BCUT2D eigenvalue weighted by molar-refractivity contribution is 0.597. The third-order valence-corrected chi connectivity index (χ3v) is 2.96. The molecule has 4 heteroatoms. The molecule has 0 aromatic carbocycles. The minimum atomic E-state index is -0.0637. The molecular weight excluding hydrogens is 226 g/mol. The molecule has 0 spiro atoms. The summed E-state index contributed by atoms with van der Waals surface area (Å²) in [6, 6.07) is 3.82. The first kappa shape index (κ1) is 12.6. The van der Waals surface area contributed by atoms with Crippen molar-refractivity contribution in [1.82, 2.24) is 14.5 Å². The molecule has 2 aromatic heterocycles. The highest BCUT2D eigenvalue weighted by molar-refractivity contribution is 5.72. The molecule has 0 unspecified atom stereocenters. The lowest BCUT2D eigenvalue weighted by atomic mass is 10.2. The van der Waals surface area contributed by atoms with Gasteiger partial charge in [0.05, 0.1) is 11.2 Å². The van der Waals surface area contributed by atoms with Crippen molar-refractivity contribution in [2.75, 3.05) is 0 Å². The average Bonchev–Trinajstić information content (AvgIpc) is 2.66. The highest BCUT2D eigenvalue weighted by atomic mass is 16.1. The van der Waals surface area contributed by atoms with E-state index in [4.69, 9.17) is 0 Å². The second kappa shape index (κ2) is 5.67. The molecule has 0 aliphatic rings. The summed E-state index contributed by atoms with van der Waals surface area (Å²) >= 11 is 0. The molecule has 2 rings (SSSR count). The first-order valence-corrected chi connectivity index (χ1v) is 6.48. The fourth-order valence-electron chi connectivity index (χ4n) is 2.04. The Hall–Kier alpha value is -1.84. The minimum absolute atomic E-state index is 0.0637. The molecule has 0 radical (unpaired) electrons. The zero-order valence-electron chi connectivity index (χ0n) is 10.9. The van der Waals surface area contributed by atoms with Crippen molar-refractivity contribution in [1.29, 1.82) is 0 Å². The van der Waals surface area contributed by atoms with Crippen LogP contribution in [0.4, 0.5) is 0 Å². The van der Waals surface area contributed by atoms with Crippen LogP contribution in [0.1, 0.15) is 38.8 Å². The van der Waals surface area contributed by atoms with Crippen molar-refractivity contribution in [3.8, 4) is 0 Å². The quantitative estimate of drug-likeness (QED) is 0.823. The summed E-state index contributed by atoms with van der Waals surface area (Å²) < 4.78 is 1.73. The highest BCUT2D eigenvalue weighted by Crippen LogP contribution is 2.11. The molecule has 2 heterocycles. The summed E-state index contributed by atoms with van der Waals surface area (Å²) in [6.07, 6.45) is 7.18. The Bertz CT molecular complexity index is 607. The van der Waals surface area contributed by atoms with Gasteiger partial charge in [0.2, 0.25) is 0 Å². The summed E-state index contributed by atoms with van der Waals surface area (Å²) in [5, 5.41) is 0. The molecule has 0 saturated heterocycles. The smallest absolute Gasteiger partial charge is 0.304 e. The van der Waals surface area contributed by atoms with E-state index in [1.165, 1.54) is 0 Å². The molecule has 2 aromatic rings. The Morgan fingerprint density at radius 3 is 2.94 bits per heavy atom. The number of hydrogen-bond donors (Lipinski definition) is 1. The predicted octanol–water partition coefficient (Wildman–Crippen LogP) is 2.95. The molecule has 0 amide bonds. The number of hydrogen-bond acceptors (Lipinski definition) is 2. The SMILES string of the molecule is C/C=C/c1ccc2[nH]c(=O)n(CCCCC)c2n1. The van der Waals surface area contributed by atoms with Crippen LogP contribution in [0.2, 0.25) is 0 Å². The largest absolute Gasteiger partial charge is 0.327 e. The maximum atomic E-state index is 11.9. The maximum absolute atomic E-state index is 11.9. The van der Waals surface area contributed by atoms with E-state index in [9.17, 15) is 4.79 Å². The van der Waals surface area contributed by atoms with E-state index < -0.39 is 0 Å². The van der Waals surface area contributed by atoms with E-state index in [0.29, 0.717) is 0 Å². The molecular formula is C14H19N3O. The summed E-state index contributed by atoms with van der Waals surface area (Å²) in [5.41, 5.74) is 2.39. The second-order valence-corrected chi connectivity index (χ2v) is 4.40. The van der Waals surface area contributed by atoms with Gasteiger partial charge in [-0.15, -0.1) is 0 Å². The van der Waals surface area contributed by atoms with Crippen molar-refractivity contribution in [3.05, 3.63) is 34.4 Å². The Morgan fingerprint density at radius 1 is 1.39 bits per heavy atom. The molecule has 1 N–H and O–H groups in total. The van der Waals surface area contributed by atoms with Crippen molar-refractivity contribution < 1.29 is 0 Å². The van der Waals surface area contributed by atoms with Gasteiger partial charge in [0.1, 0.15) is 0 Å². The zero-order chi connectivity index (χ0) is 13.0. The normalized spacial score (nSPS) is 11.7. The van der Waals surface area contributed by atoms with Gasteiger partial charge >= 0.3 is 5.69 Å². The van der Waals surface area contributed by atoms with Crippen LogP contribution < -0.4 is 5.69 Å². The zero-order valence-corrected chi connectivity index (χ0v) is 10.9. The Kier molecular flexibility index (Phi) is 3.97. The van der Waals surface area contributed by atoms with Gasteiger partial charge in [0.15, 0.2) is 5.65 Å². The number of H-pyrrole nitrogens is 1. The molecule has 4 nitrogen and oxygen atoms in total. The van der Waals surface area contributed by atoms with Gasteiger partial charge in [-0.2, -0.15) is 0 Å². The fraction of sp³-hybridized carbons (Fsp3) is 0.429. The number of aryl methyl sites for hydroxylation is 1. The van der Waals surface area contributed by atoms with Crippen LogP contribution in [0.15, 0.2) is 23.0 Å². The number of allylic oxidation sites excluding steroid dienone is 1. The van der Waals surface area contributed by atoms with E-state index in [-0.39, 0.29) is 5.69 Å². The summed E-state index contributed by atoms with van der Waals surface area (Å²) in [5.74, 6) is 0. The monoisotopic (exact) mass is 245 g/mol. The molecule has 0 aliphatic carbocycles.